The van der Waals surface area contributed by atoms with Crippen molar-refractivity contribution in [2.45, 2.75) is 12.8 Å². The summed E-state index contributed by atoms with van der Waals surface area (Å²) >= 11 is 17.6. The zero-order valence-corrected chi connectivity index (χ0v) is 13.6. The van der Waals surface area contributed by atoms with Gasteiger partial charge in [-0.15, -0.1) is 0 Å². The van der Waals surface area contributed by atoms with E-state index in [4.69, 9.17) is 39.9 Å². The summed E-state index contributed by atoms with van der Waals surface area (Å²) in [6.07, 6.45) is 0.553. The smallest absolute Gasteiger partial charge is 0.303 e. The fourth-order valence-corrected chi connectivity index (χ4v) is 2.23. The van der Waals surface area contributed by atoms with Crippen LogP contribution in [0.25, 0.3) is 0 Å². The third-order valence-electron chi connectivity index (χ3n) is 2.63. The van der Waals surface area contributed by atoms with E-state index in [-0.39, 0.29) is 18.9 Å². The fraction of sp³-hybridized carbons (Fsp3) is 0.385. The number of carbonyl (C=O) groups is 2. The van der Waals surface area contributed by atoms with Crippen molar-refractivity contribution in [3.8, 4) is 0 Å². The summed E-state index contributed by atoms with van der Waals surface area (Å²) in [5.74, 6) is -1.12. The number of likely N-dealkylation sites (N-methyl/N-ethyl adjacent to an activating group) is 1. The molecule has 2 N–H and O–H groups in total. The maximum atomic E-state index is 11.9. The summed E-state index contributed by atoms with van der Waals surface area (Å²) in [5, 5.41) is 12.1. The van der Waals surface area contributed by atoms with Crippen molar-refractivity contribution in [1.29, 1.82) is 0 Å². The van der Waals surface area contributed by atoms with Crippen molar-refractivity contribution in [3.05, 3.63) is 27.2 Å². The number of amides is 1. The van der Waals surface area contributed by atoms with Gasteiger partial charge in [-0.3, -0.25) is 14.5 Å². The van der Waals surface area contributed by atoms with Crippen molar-refractivity contribution in [1.82, 2.24) is 4.90 Å². The normalized spacial score (nSPS) is 10.7. The predicted molar refractivity (Wildman–Crippen MR) is 84.5 cm³/mol. The number of halogens is 3. The van der Waals surface area contributed by atoms with Crippen LogP contribution in [-0.2, 0) is 9.59 Å². The van der Waals surface area contributed by atoms with Crippen molar-refractivity contribution in [2.75, 3.05) is 25.5 Å². The number of benzene rings is 1. The SMILES string of the molecule is CN(CCCC(=O)O)CC(=O)Nc1cc(Cl)c(Cl)cc1Cl. The second-order valence-electron chi connectivity index (χ2n) is 4.53. The second kappa shape index (κ2) is 8.44. The van der Waals surface area contributed by atoms with Gasteiger partial charge in [-0.1, -0.05) is 34.8 Å². The van der Waals surface area contributed by atoms with Crippen LogP contribution in [0.5, 0.6) is 0 Å². The Bertz CT molecular complexity index is 538. The molecule has 21 heavy (non-hydrogen) atoms. The Morgan fingerprint density at radius 3 is 2.43 bits per heavy atom. The number of carboxylic acid groups (broad SMARTS) is 1. The first-order valence-corrected chi connectivity index (χ1v) is 7.27. The Morgan fingerprint density at radius 1 is 1.19 bits per heavy atom. The van der Waals surface area contributed by atoms with Crippen molar-refractivity contribution in [2.24, 2.45) is 0 Å². The number of carbonyl (C=O) groups excluding carboxylic acids is 1. The molecule has 0 aliphatic rings. The highest BCUT2D eigenvalue weighted by atomic mass is 35.5. The van der Waals surface area contributed by atoms with Gasteiger partial charge in [0.2, 0.25) is 5.91 Å². The number of rotatable bonds is 7. The lowest BCUT2D eigenvalue weighted by molar-refractivity contribution is -0.137. The molecule has 0 spiro atoms. The number of nitrogens with zero attached hydrogens (tertiary/aromatic N) is 1. The summed E-state index contributed by atoms with van der Waals surface area (Å²) in [6, 6.07) is 2.94. The summed E-state index contributed by atoms with van der Waals surface area (Å²) in [4.78, 5) is 24.0. The van der Waals surface area contributed by atoms with Gasteiger partial charge in [0, 0.05) is 6.42 Å². The molecular weight excluding hydrogens is 339 g/mol. The highest BCUT2D eigenvalue weighted by Crippen LogP contribution is 2.32. The molecule has 0 bridgehead atoms. The van der Waals surface area contributed by atoms with Crippen LogP contribution in [0, 0.1) is 0 Å². The Balaban J connectivity index is 2.50. The molecule has 0 saturated carbocycles. The number of hydrogen-bond acceptors (Lipinski definition) is 3. The standard InChI is InChI=1S/C13H15Cl3N2O3/c1-18(4-2-3-13(20)21)7-12(19)17-11-6-9(15)8(14)5-10(11)16/h5-6H,2-4,7H2,1H3,(H,17,19)(H,20,21). The lowest BCUT2D eigenvalue weighted by Gasteiger charge is -2.16. The van der Waals surface area contributed by atoms with E-state index in [0.29, 0.717) is 33.7 Å². The maximum Gasteiger partial charge on any atom is 0.303 e. The average Bonchev–Trinajstić information content (AvgIpc) is 2.35. The molecule has 0 heterocycles. The van der Waals surface area contributed by atoms with Gasteiger partial charge in [-0.2, -0.15) is 0 Å². The van der Waals surface area contributed by atoms with Gasteiger partial charge in [0.1, 0.15) is 0 Å². The van der Waals surface area contributed by atoms with Crippen LogP contribution in [0.2, 0.25) is 15.1 Å². The number of carboxylic acids is 1. The molecule has 0 atom stereocenters. The lowest BCUT2D eigenvalue weighted by atomic mass is 10.3. The number of anilines is 1. The van der Waals surface area contributed by atoms with E-state index >= 15 is 0 Å². The van der Waals surface area contributed by atoms with Crippen molar-refractivity contribution < 1.29 is 14.7 Å². The predicted octanol–water partition coefficient (Wildman–Crippen LogP) is 3.38. The van der Waals surface area contributed by atoms with Gasteiger partial charge in [-0.05, 0) is 32.1 Å². The van der Waals surface area contributed by atoms with Crippen LogP contribution in [0.1, 0.15) is 12.8 Å². The first kappa shape index (κ1) is 18.0. The molecule has 1 amide bonds. The topological polar surface area (TPSA) is 69.6 Å². The minimum atomic E-state index is -0.851. The summed E-state index contributed by atoms with van der Waals surface area (Å²) in [7, 11) is 1.73. The van der Waals surface area contributed by atoms with E-state index in [0.717, 1.165) is 0 Å². The second-order valence-corrected chi connectivity index (χ2v) is 5.75. The van der Waals surface area contributed by atoms with E-state index in [9.17, 15) is 9.59 Å². The quantitative estimate of drug-likeness (QED) is 0.737. The van der Waals surface area contributed by atoms with E-state index in [1.165, 1.54) is 12.1 Å². The third-order valence-corrected chi connectivity index (χ3v) is 3.66. The number of nitrogens with one attached hydrogen (secondary N) is 1. The van der Waals surface area contributed by atoms with E-state index in [2.05, 4.69) is 5.32 Å². The molecule has 0 fully saturated rings. The van der Waals surface area contributed by atoms with E-state index in [1.54, 1.807) is 11.9 Å². The molecule has 1 aromatic carbocycles. The number of aliphatic carboxylic acids is 1. The van der Waals surface area contributed by atoms with Crippen LogP contribution in [0.3, 0.4) is 0 Å². The summed E-state index contributed by atoms with van der Waals surface area (Å²) in [5.41, 5.74) is 0.384. The third kappa shape index (κ3) is 6.52. The molecule has 0 aliphatic carbocycles. The van der Waals surface area contributed by atoms with E-state index in [1.807, 2.05) is 0 Å². The Morgan fingerprint density at radius 2 is 1.81 bits per heavy atom. The zero-order valence-electron chi connectivity index (χ0n) is 11.3. The Kier molecular flexibility index (Phi) is 7.25. The Hall–Kier alpha value is -1.01. The highest BCUT2D eigenvalue weighted by Gasteiger charge is 2.11. The lowest BCUT2D eigenvalue weighted by Crippen LogP contribution is -2.31. The minimum absolute atomic E-state index is 0.0740. The van der Waals surface area contributed by atoms with Gasteiger partial charge in [0.25, 0.3) is 0 Å². The molecule has 0 aliphatic heterocycles. The Labute approximate surface area is 137 Å². The molecule has 8 heteroatoms. The van der Waals surface area contributed by atoms with E-state index < -0.39 is 5.97 Å². The average molecular weight is 354 g/mol. The van der Waals surface area contributed by atoms with Gasteiger partial charge in [0.15, 0.2) is 0 Å². The van der Waals surface area contributed by atoms with Crippen LogP contribution < -0.4 is 5.32 Å². The van der Waals surface area contributed by atoms with Crippen LogP contribution in [0.15, 0.2) is 12.1 Å². The molecule has 1 aromatic rings. The molecule has 0 radical (unpaired) electrons. The van der Waals surface area contributed by atoms with Crippen LogP contribution in [-0.4, -0.2) is 42.0 Å². The van der Waals surface area contributed by atoms with Gasteiger partial charge in [0.05, 0.1) is 27.3 Å². The van der Waals surface area contributed by atoms with Gasteiger partial charge in [-0.25, -0.2) is 0 Å². The first-order chi connectivity index (χ1) is 9.79. The van der Waals surface area contributed by atoms with Crippen LogP contribution >= 0.6 is 34.8 Å². The van der Waals surface area contributed by atoms with Crippen molar-refractivity contribution in [3.63, 3.8) is 0 Å². The number of hydrogen-bond donors (Lipinski definition) is 2. The van der Waals surface area contributed by atoms with Gasteiger partial charge < -0.3 is 10.4 Å². The minimum Gasteiger partial charge on any atom is -0.481 e. The maximum absolute atomic E-state index is 11.9. The van der Waals surface area contributed by atoms with Crippen LogP contribution in [0.4, 0.5) is 5.69 Å². The molecule has 0 aromatic heterocycles. The van der Waals surface area contributed by atoms with Crippen molar-refractivity contribution >= 4 is 52.4 Å². The highest BCUT2D eigenvalue weighted by molar-refractivity contribution is 6.44. The summed E-state index contributed by atoms with van der Waals surface area (Å²) < 4.78 is 0. The monoisotopic (exact) mass is 352 g/mol. The summed E-state index contributed by atoms with van der Waals surface area (Å²) in [6.45, 7) is 0.630. The zero-order chi connectivity index (χ0) is 16.0. The molecular formula is C13H15Cl3N2O3. The fourth-order valence-electron chi connectivity index (χ4n) is 1.63. The van der Waals surface area contributed by atoms with Gasteiger partial charge >= 0.3 is 5.97 Å². The first-order valence-electron chi connectivity index (χ1n) is 6.14. The molecule has 5 nitrogen and oxygen atoms in total. The molecule has 1 rings (SSSR count). The molecule has 116 valence electrons. The largest absolute Gasteiger partial charge is 0.481 e. The molecule has 0 saturated heterocycles. The molecule has 0 unspecified atom stereocenters.